The summed E-state index contributed by atoms with van der Waals surface area (Å²) in [5.74, 6) is 0.171. The van der Waals surface area contributed by atoms with Gasteiger partial charge < -0.3 is 19.1 Å². The molecule has 1 aliphatic rings. The van der Waals surface area contributed by atoms with Gasteiger partial charge in [0.1, 0.15) is 23.0 Å². The first kappa shape index (κ1) is 30.7. The standard InChI is InChI=1S/C37H28N2O8/c40-34(26-10-16-30(17-11-26)46-31-20-14-29(15-21-31)39(43)44)24-45-37(42)27-22-36(41)38(23-27)28-12-18-32(19-13-28)47-35-9-5-4-8-33(35)25-6-2-1-3-7-25/h1-21,27H,22-24H2/t27-/m0/s1. The molecule has 1 saturated heterocycles. The van der Waals surface area contributed by atoms with E-state index < -0.39 is 29.2 Å². The van der Waals surface area contributed by atoms with Crippen molar-refractivity contribution < 1.29 is 33.5 Å². The fourth-order valence-electron chi connectivity index (χ4n) is 5.17. The summed E-state index contributed by atoms with van der Waals surface area (Å²) in [6, 6.07) is 36.6. The molecule has 5 aromatic carbocycles. The van der Waals surface area contributed by atoms with Gasteiger partial charge in [-0.05, 0) is 72.3 Å². The Hall–Kier alpha value is -6.29. The number of rotatable bonds is 11. The van der Waals surface area contributed by atoms with Crippen molar-refractivity contribution in [1.82, 2.24) is 0 Å². The summed E-state index contributed by atoms with van der Waals surface area (Å²) in [6.45, 7) is -0.333. The molecule has 0 aliphatic carbocycles. The molecule has 10 heteroatoms. The average molecular weight is 629 g/mol. The number of nitro benzene ring substituents is 1. The maximum Gasteiger partial charge on any atom is 0.311 e. The van der Waals surface area contributed by atoms with Crippen molar-refractivity contribution in [3.05, 3.63) is 143 Å². The zero-order chi connectivity index (χ0) is 32.8. The predicted molar refractivity (Wildman–Crippen MR) is 174 cm³/mol. The van der Waals surface area contributed by atoms with E-state index in [2.05, 4.69) is 0 Å². The number of non-ortho nitro benzene ring substituents is 1. The van der Waals surface area contributed by atoms with E-state index in [1.165, 1.54) is 41.3 Å². The molecule has 0 radical (unpaired) electrons. The van der Waals surface area contributed by atoms with Gasteiger partial charge in [-0.25, -0.2) is 0 Å². The van der Waals surface area contributed by atoms with Crippen LogP contribution in [0.1, 0.15) is 16.8 Å². The molecule has 1 atom stereocenters. The largest absolute Gasteiger partial charge is 0.457 e. The van der Waals surface area contributed by atoms with Gasteiger partial charge in [0.2, 0.25) is 5.91 Å². The molecule has 0 aromatic heterocycles. The van der Waals surface area contributed by atoms with Crippen molar-refractivity contribution in [3.8, 4) is 34.1 Å². The van der Waals surface area contributed by atoms with Crippen LogP contribution in [-0.4, -0.2) is 35.7 Å². The van der Waals surface area contributed by atoms with Crippen molar-refractivity contribution in [2.75, 3.05) is 18.1 Å². The number of amides is 1. The van der Waals surface area contributed by atoms with E-state index in [-0.39, 0.29) is 24.6 Å². The van der Waals surface area contributed by atoms with E-state index in [1.807, 2.05) is 54.6 Å². The monoisotopic (exact) mass is 628 g/mol. The molecule has 0 spiro atoms. The fraction of sp³-hybridized carbons (Fsp3) is 0.108. The van der Waals surface area contributed by atoms with Gasteiger partial charge in [0.05, 0.1) is 10.8 Å². The van der Waals surface area contributed by atoms with Crippen molar-refractivity contribution in [2.24, 2.45) is 5.92 Å². The Morgan fingerprint density at radius 2 is 1.34 bits per heavy atom. The third kappa shape index (κ3) is 7.34. The molecule has 10 nitrogen and oxygen atoms in total. The van der Waals surface area contributed by atoms with Gasteiger partial charge in [0.15, 0.2) is 12.4 Å². The fourth-order valence-corrected chi connectivity index (χ4v) is 5.17. The number of esters is 1. The molecule has 1 fully saturated rings. The molecule has 1 amide bonds. The Balaban J connectivity index is 1.01. The van der Waals surface area contributed by atoms with Crippen molar-refractivity contribution in [3.63, 3.8) is 0 Å². The summed E-state index contributed by atoms with van der Waals surface area (Å²) in [4.78, 5) is 50.1. The van der Waals surface area contributed by atoms with E-state index in [9.17, 15) is 24.5 Å². The molecular formula is C37H28N2O8. The molecule has 1 heterocycles. The highest BCUT2D eigenvalue weighted by atomic mass is 16.6. The molecule has 1 aliphatic heterocycles. The second-order valence-corrected chi connectivity index (χ2v) is 10.8. The van der Waals surface area contributed by atoms with Crippen LogP contribution in [0.4, 0.5) is 11.4 Å². The minimum Gasteiger partial charge on any atom is -0.457 e. The third-order valence-corrected chi connectivity index (χ3v) is 7.61. The number of anilines is 1. The molecular weight excluding hydrogens is 600 g/mol. The highest BCUT2D eigenvalue weighted by molar-refractivity contribution is 6.01. The predicted octanol–water partition coefficient (Wildman–Crippen LogP) is 7.63. The van der Waals surface area contributed by atoms with Crippen LogP contribution in [-0.2, 0) is 14.3 Å². The summed E-state index contributed by atoms with van der Waals surface area (Å²) in [5, 5.41) is 10.8. The van der Waals surface area contributed by atoms with Crippen LogP contribution in [0, 0.1) is 16.0 Å². The number of para-hydroxylation sites is 1. The van der Waals surface area contributed by atoms with Crippen molar-refractivity contribution in [1.29, 1.82) is 0 Å². The third-order valence-electron chi connectivity index (χ3n) is 7.61. The number of hydrogen-bond donors (Lipinski definition) is 0. The Labute approximate surface area is 269 Å². The van der Waals surface area contributed by atoms with Gasteiger partial charge in [0.25, 0.3) is 5.69 Å². The van der Waals surface area contributed by atoms with Gasteiger partial charge in [-0.3, -0.25) is 24.5 Å². The molecule has 6 rings (SSSR count). The molecule has 0 N–H and O–H groups in total. The molecule has 5 aromatic rings. The van der Waals surface area contributed by atoms with Gasteiger partial charge in [-0.15, -0.1) is 0 Å². The van der Waals surface area contributed by atoms with E-state index in [0.717, 1.165) is 11.1 Å². The first-order valence-electron chi connectivity index (χ1n) is 14.8. The molecule has 0 bridgehead atoms. The summed E-state index contributed by atoms with van der Waals surface area (Å²) >= 11 is 0. The smallest absolute Gasteiger partial charge is 0.311 e. The number of hydrogen-bond acceptors (Lipinski definition) is 8. The second kappa shape index (κ2) is 13.8. The summed E-state index contributed by atoms with van der Waals surface area (Å²) in [7, 11) is 0. The molecule has 234 valence electrons. The van der Waals surface area contributed by atoms with Crippen LogP contribution in [0.15, 0.2) is 127 Å². The van der Waals surface area contributed by atoms with Crippen LogP contribution in [0.25, 0.3) is 11.1 Å². The first-order chi connectivity index (χ1) is 22.8. The molecule has 47 heavy (non-hydrogen) atoms. The lowest BCUT2D eigenvalue weighted by Crippen LogP contribution is -2.27. The van der Waals surface area contributed by atoms with Crippen LogP contribution >= 0.6 is 0 Å². The Morgan fingerprint density at radius 3 is 2.02 bits per heavy atom. The Kier molecular flexibility index (Phi) is 9.01. The lowest BCUT2D eigenvalue weighted by atomic mass is 10.0. The maximum absolute atomic E-state index is 12.8. The van der Waals surface area contributed by atoms with Gasteiger partial charge >= 0.3 is 5.97 Å². The van der Waals surface area contributed by atoms with Crippen molar-refractivity contribution >= 4 is 29.0 Å². The van der Waals surface area contributed by atoms with Crippen LogP contribution in [0.2, 0.25) is 0 Å². The Bertz CT molecular complexity index is 1910. The Morgan fingerprint density at radius 1 is 0.745 bits per heavy atom. The minimum absolute atomic E-state index is 0.0234. The number of nitro groups is 1. The quantitative estimate of drug-likeness (QED) is 0.0633. The highest BCUT2D eigenvalue weighted by Gasteiger charge is 2.36. The van der Waals surface area contributed by atoms with E-state index in [1.54, 1.807) is 36.4 Å². The number of Topliss-reactive ketones (excluding diaryl/α,β-unsaturated/α-hetero) is 1. The van der Waals surface area contributed by atoms with E-state index in [0.29, 0.717) is 34.2 Å². The lowest BCUT2D eigenvalue weighted by Gasteiger charge is -2.17. The van der Waals surface area contributed by atoms with Crippen LogP contribution in [0.3, 0.4) is 0 Å². The number of carbonyl (C=O) groups excluding carboxylic acids is 3. The SMILES string of the molecule is O=C(COC(=O)[C@H]1CC(=O)N(c2ccc(Oc3ccccc3-c3ccccc3)cc2)C1)c1ccc(Oc2ccc([N+](=O)[O-])cc2)cc1. The second-order valence-electron chi connectivity index (χ2n) is 10.8. The van der Waals surface area contributed by atoms with Crippen LogP contribution in [0.5, 0.6) is 23.0 Å². The number of ketones is 1. The normalized spacial score (nSPS) is 14.0. The minimum atomic E-state index is -0.707. The first-order valence-corrected chi connectivity index (χ1v) is 14.8. The van der Waals surface area contributed by atoms with Gasteiger partial charge in [0, 0.05) is 41.9 Å². The molecule has 0 unspecified atom stereocenters. The van der Waals surface area contributed by atoms with Crippen LogP contribution < -0.4 is 14.4 Å². The number of benzene rings is 5. The topological polar surface area (TPSA) is 125 Å². The number of nitrogens with zero attached hydrogens (tertiary/aromatic N) is 2. The highest BCUT2D eigenvalue weighted by Crippen LogP contribution is 2.34. The molecule has 0 saturated carbocycles. The maximum atomic E-state index is 12.8. The van der Waals surface area contributed by atoms with E-state index >= 15 is 0 Å². The summed E-state index contributed by atoms with van der Waals surface area (Å²) in [5.41, 5.74) is 2.88. The van der Waals surface area contributed by atoms with E-state index in [4.69, 9.17) is 14.2 Å². The number of ether oxygens (including phenoxy) is 3. The van der Waals surface area contributed by atoms with Crippen molar-refractivity contribution in [2.45, 2.75) is 6.42 Å². The number of carbonyl (C=O) groups is 3. The average Bonchev–Trinajstić information content (AvgIpc) is 3.50. The lowest BCUT2D eigenvalue weighted by molar-refractivity contribution is -0.384. The summed E-state index contributed by atoms with van der Waals surface area (Å²) in [6.07, 6.45) is -0.0234. The zero-order valence-electron chi connectivity index (χ0n) is 25.0. The zero-order valence-corrected chi connectivity index (χ0v) is 25.0. The van der Waals surface area contributed by atoms with Gasteiger partial charge in [-0.2, -0.15) is 0 Å². The summed E-state index contributed by atoms with van der Waals surface area (Å²) < 4.78 is 17.1. The van der Waals surface area contributed by atoms with Gasteiger partial charge in [-0.1, -0.05) is 48.5 Å².